The minimum absolute atomic E-state index is 0.0140. The molecule has 1 aliphatic heterocycles. The number of nitrogens with zero attached hydrogens (tertiary/aromatic N) is 1. The second-order valence-corrected chi connectivity index (χ2v) is 7.95. The fourth-order valence-corrected chi connectivity index (χ4v) is 4.12. The maximum absolute atomic E-state index is 12.3. The second-order valence-electron chi connectivity index (χ2n) is 7.95. The van der Waals surface area contributed by atoms with Crippen LogP contribution in [0.5, 0.6) is 0 Å². The van der Waals surface area contributed by atoms with Crippen LogP contribution < -0.4 is 10.9 Å². The van der Waals surface area contributed by atoms with E-state index in [1.165, 1.54) is 16.2 Å². The van der Waals surface area contributed by atoms with E-state index in [-0.39, 0.29) is 29.0 Å². The van der Waals surface area contributed by atoms with Gasteiger partial charge in [0, 0.05) is 30.8 Å². The van der Waals surface area contributed by atoms with E-state index in [1.807, 2.05) is 6.07 Å². The lowest BCUT2D eigenvalue weighted by atomic mass is 9.67. The Labute approximate surface area is 160 Å². The average molecular weight is 368 g/mol. The molecule has 144 valence electrons. The molecule has 2 aromatic rings. The molecule has 1 N–H and O–H groups in total. The largest absolute Gasteiger partial charge is 0.376 e. The summed E-state index contributed by atoms with van der Waals surface area (Å²) in [7, 11) is 0. The molecule has 0 saturated carbocycles. The predicted molar refractivity (Wildman–Crippen MR) is 106 cm³/mol. The number of amides is 1. The zero-order valence-corrected chi connectivity index (χ0v) is 16.1. The van der Waals surface area contributed by atoms with Crippen LogP contribution in [0.15, 0.2) is 59.5 Å². The highest BCUT2D eigenvalue weighted by atomic mass is 16.5. The number of carbonyl (C=O) groups excluding carboxylic acids is 1. The molecule has 0 aliphatic carbocycles. The Kier molecular flexibility index (Phi) is 5.80. The highest BCUT2D eigenvalue weighted by Crippen LogP contribution is 2.43. The second kappa shape index (κ2) is 8.09. The van der Waals surface area contributed by atoms with Gasteiger partial charge in [0.25, 0.3) is 5.56 Å². The third-order valence-electron chi connectivity index (χ3n) is 5.36. The van der Waals surface area contributed by atoms with Gasteiger partial charge in [0.2, 0.25) is 5.91 Å². The van der Waals surface area contributed by atoms with Crippen molar-refractivity contribution in [3.8, 4) is 0 Å². The van der Waals surface area contributed by atoms with Crippen molar-refractivity contribution in [1.29, 1.82) is 0 Å². The Balaban J connectivity index is 1.66. The molecule has 1 amide bonds. The number of aromatic nitrogens is 1. The van der Waals surface area contributed by atoms with Gasteiger partial charge in [-0.15, -0.1) is 0 Å². The summed E-state index contributed by atoms with van der Waals surface area (Å²) in [5, 5.41) is 2.99. The zero-order chi connectivity index (χ0) is 19.3. The first-order valence-corrected chi connectivity index (χ1v) is 9.52. The number of ether oxygens (including phenoxy) is 1. The highest BCUT2D eigenvalue weighted by Gasteiger charge is 2.41. The smallest absolute Gasteiger partial charge is 0.250 e. The third kappa shape index (κ3) is 4.86. The van der Waals surface area contributed by atoms with Gasteiger partial charge in [-0.25, -0.2) is 0 Å². The van der Waals surface area contributed by atoms with Crippen molar-refractivity contribution in [2.24, 2.45) is 0 Å². The molecule has 3 rings (SSSR count). The number of benzene rings is 1. The van der Waals surface area contributed by atoms with Crippen molar-refractivity contribution >= 4 is 5.91 Å². The first kappa shape index (κ1) is 19.4. The highest BCUT2D eigenvalue weighted by molar-refractivity contribution is 5.75. The number of rotatable bonds is 6. The molecule has 1 saturated heterocycles. The van der Waals surface area contributed by atoms with Crippen LogP contribution in [0.3, 0.4) is 0 Å². The SMILES string of the molecule is CC1(C)CC(CCNC(=O)Cn2ccccc2=O)(c2ccccc2)CCO1. The Bertz CT molecular complexity index is 829. The first-order valence-electron chi connectivity index (χ1n) is 9.52. The van der Waals surface area contributed by atoms with Crippen molar-refractivity contribution in [1.82, 2.24) is 9.88 Å². The van der Waals surface area contributed by atoms with E-state index < -0.39 is 0 Å². The maximum atomic E-state index is 12.3. The van der Waals surface area contributed by atoms with Gasteiger partial charge in [-0.2, -0.15) is 0 Å². The summed E-state index contributed by atoms with van der Waals surface area (Å²) in [6.45, 7) is 5.60. The molecule has 1 aliphatic rings. The van der Waals surface area contributed by atoms with Crippen LogP contribution in [0.25, 0.3) is 0 Å². The van der Waals surface area contributed by atoms with Crippen molar-refractivity contribution in [3.63, 3.8) is 0 Å². The van der Waals surface area contributed by atoms with Crippen molar-refractivity contribution in [3.05, 3.63) is 70.6 Å². The summed E-state index contributed by atoms with van der Waals surface area (Å²) < 4.78 is 7.35. The fraction of sp³-hybridized carbons (Fsp3) is 0.455. The molecule has 1 fully saturated rings. The lowest BCUT2D eigenvalue weighted by Crippen LogP contribution is -2.46. The maximum Gasteiger partial charge on any atom is 0.250 e. The summed E-state index contributed by atoms with van der Waals surface area (Å²) in [6.07, 6.45) is 4.33. The van der Waals surface area contributed by atoms with Crippen molar-refractivity contribution < 1.29 is 9.53 Å². The quantitative estimate of drug-likeness (QED) is 0.853. The molecule has 1 atom stereocenters. The zero-order valence-electron chi connectivity index (χ0n) is 16.1. The predicted octanol–water partition coefficient (Wildman–Crippen LogP) is 2.88. The van der Waals surface area contributed by atoms with Gasteiger partial charge in [-0.3, -0.25) is 9.59 Å². The fourth-order valence-electron chi connectivity index (χ4n) is 4.12. The number of carbonyl (C=O) groups is 1. The van der Waals surface area contributed by atoms with Crippen molar-refractivity contribution in [2.75, 3.05) is 13.2 Å². The van der Waals surface area contributed by atoms with Crippen LogP contribution >= 0.6 is 0 Å². The standard InChI is InChI=1S/C22H28N2O3/c1-21(2)17-22(12-15-27-21,18-8-4-3-5-9-18)11-13-23-19(25)16-24-14-7-6-10-20(24)26/h3-10,14H,11-13,15-17H2,1-2H3,(H,23,25). The molecule has 0 bridgehead atoms. The number of pyridine rings is 1. The lowest BCUT2D eigenvalue weighted by molar-refractivity contribution is -0.121. The molecular formula is C22H28N2O3. The Morgan fingerprint density at radius 3 is 2.59 bits per heavy atom. The molecule has 1 aromatic carbocycles. The van der Waals surface area contributed by atoms with Gasteiger partial charge in [0.05, 0.1) is 5.60 Å². The van der Waals surface area contributed by atoms with Crippen LogP contribution in [0, 0.1) is 0 Å². The van der Waals surface area contributed by atoms with Gasteiger partial charge in [0.15, 0.2) is 0 Å². The molecule has 1 aromatic heterocycles. The normalized spacial score (nSPS) is 21.6. The van der Waals surface area contributed by atoms with E-state index in [9.17, 15) is 9.59 Å². The average Bonchev–Trinajstić information content (AvgIpc) is 2.63. The number of hydrogen-bond acceptors (Lipinski definition) is 3. The van der Waals surface area contributed by atoms with E-state index in [1.54, 1.807) is 18.3 Å². The lowest BCUT2D eigenvalue weighted by Gasteiger charge is -2.45. The molecule has 5 heteroatoms. The van der Waals surface area contributed by atoms with Gasteiger partial charge < -0.3 is 14.6 Å². The van der Waals surface area contributed by atoms with Gasteiger partial charge in [-0.1, -0.05) is 36.4 Å². The van der Waals surface area contributed by atoms with Gasteiger partial charge in [0.1, 0.15) is 6.54 Å². The molecule has 27 heavy (non-hydrogen) atoms. The van der Waals surface area contributed by atoms with Gasteiger partial charge >= 0.3 is 0 Å². The van der Waals surface area contributed by atoms with Crippen LogP contribution in [0.4, 0.5) is 0 Å². The van der Waals surface area contributed by atoms with Crippen LogP contribution in [0.1, 0.15) is 38.7 Å². The molecule has 1 unspecified atom stereocenters. The van der Waals surface area contributed by atoms with E-state index in [0.717, 1.165) is 25.9 Å². The van der Waals surface area contributed by atoms with Gasteiger partial charge in [-0.05, 0) is 44.7 Å². The van der Waals surface area contributed by atoms with Crippen molar-refractivity contribution in [2.45, 2.75) is 50.7 Å². The minimum Gasteiger partial charge on any atom is -0.376 e. The van der Waals surface area contributed by atoms with Crippen LogP contribution in [0.2, 0.25) is 0 Å². The van der Waals surface area contributed by atoms with Crippen LogP contribution in [-0.4, -0.2) is 29.2 Å². The Hall–Kier alpha value is -2.40. The van der Waals surface area contributed by atoms with E-state index >= 15 is 0 Å². The molecule has 0 spiro atoms. The third-order valence-corrected chi connectivity index (χ3v) is 5.36. The van der Waals surface area contributed by atoms with E-state index in [4.69, 9.17) is 4.74 Å². The van der Waals surface area contributed by atoms with E-state index in [0.29, 0.717) is 6.54 Å². The monoisotopic (exact) mass is 368 g/mol. The Morgan fingerprint density at radius 1 is 1.15 bits per heavy atom. The summed E-state index contributed by atoms with van der Waals surface area (Å²) in [5.41, 5.74) is 0.935. The Morgan fingerprint density at radius 2 is 1.89 bits per heavy atom. The molecule has 5 nitrogen and oxygen atoms in total. The molecule has 0 radical (unpaired) electrons. The molecular weight excluding hydrogens is 340 g/mol. The number of nitrogens with one attached hydrogen (secondary N) is 1. The van der Waals surface area contributed by atoms with E-state index in [2.05, 4.69) is 43.4 Å². The van der Waals surface area contributed by atoms with Crippen LogP contribution in [-0.2, 0) is 21.5 Å². The minimum atomic E-state index is -0.185. The summed E-state index contributed by atoms with van der Waals surface area (Å²) in [5.74, 6) is -0.141. The number of hydrogen-bond donors (Lipinski definition) is 1. The summed E-state index contributed by atoms with van der Waals surface area (Å²) in [6, 6.07) is 15.4. The summed E-state index contributed by atoms with van der Waals surface area (Å²) in [4.78, 5) is 24.0. The molecule has 2 heterocycles. The topological polar surface area (TPSA) is 60.3 Å². The summed E-state index contributed by atoms with van der Waals surface area (Å²) >= 11 is 0. The first-order chi connectivity index (χ1) is 12.9.